The van der Waals surface area contributed by atoms with Crippen LogP contribution < -0.4 is 4.74 Å². The van der Waals surface area contributed by atoms with Crippen LogP contribution in [0.4, 0.5) is 0 Å². The third-order valence-corrected chi connectivity index (χ3v) is 2.91. The molecule has 4 nitrogen and oxygen atoms in total. The number of aliphatic hydroxyl groups excluding tert-OH is 1. The molecule has 2 N–H and O–H groups in total. The van der Waals surface area contributed by atoms with E-state index in [0.717, 1.165) is 12.8 Å². The lowest BCUT2D eigenvalue weighted by Gasteiger charge is -2.32. The Bertz CT molecular complexity index is 349. The Morgan fingerprint density at radius 1 is 1.29 bits per heavy atom. The van der Waals surface area contributed by atoms with Crippen molar-refractivity contribution in [2.24, 2.45) is 5.92 Å². The quantitative estimate of drug-likeness (QED) is 0.844. The number of aliphatic hydroxyl groups is 1. The van der Waals surface area contributed by atoms with Crippen LogP contribution in [0.25, 0.3) is 0 Å². The van der Waals surface area contributed by atoms with Gasteiger partial charge in [-0.25, -0.2) is 0 Å². The molecule has 94 valence electrons. The lowest BCUT2D eigenvalue weighted by molar-refractivity contribution is -0.170. The number of hydrogen-bond donors (Lipinski definition) is 2. The molecule has 0 bridgehead atoms. The van der Waals surface area contributed by atoms with Crippen molar-refractivity contribution in [2.75, 3.05) is 6.61 Å². The molecule has 1 aromatic rings. The van der Waals surface area contributed by atoms with Crippen LogP contribution in [0.3, 0.4) is 0 Å². The number of benzene rings is 1. The Labute approximate surface area is 101 Å². The van der Waals surface area contributed by atoms with Crippen LogP contribution in [0.5, 0.6) is 11.5 Å². The van der Waals surface area contributed by atoms with Crippen LogP contribution in [-0.2, 0) is 4.74 Å². The molecule has 1 aliphatic heterocycles. The minimum absolute atomic E-state index is 0.0276. The monoisotopic (exact) mass is 238 g/mol. The molecule has 1 aromatic carbocycles. The smallest absolute Gasteiger partial charge is 0.200 e. The Morgan fingerprint density at radius 2 is 2.00 bits per heavy atom. The molecule has 3 atom stereocenters. The van der Waals surface area contributed by atoms with Crippen molar-refractivity contribution < 1.29 is 19.7 Å². The fraction of sp³-hybridized carbons (Fsp3) is 0.538. The van der Waals surface area contributed by atoms with E-state index in [1.807, 2.05) is 0 Å². The highest BCUT2D eigenvalue weighted by molar-refractivity contribution is 5.30. The number of phenolic OH excluding ortho intramolecular Hbond substituents is 1. The second-order valence-corrected chi connectivity index (χ2v) is 4.56. The largest absolute Gasteiger partial charge is 0.508 e. The van der Waals surface area contributed by atoms with E-state index in [1.54, 1.807) is 24.3 Å². The zero-order valence-electron chi connectivity index (χ0n) is 9.87. The summed E-state index contributed by atoms with van der Waals surface area (Å²) in [5, 5.41) is 18.3. The van der Waals surface area contributed by atoms with Crippen molar-refractivity contribution in [3.63, 3.8) is 0 Å². The van der Waals surface area contributed by atoms with Gasteiger partial charge in [-0.05, 0) is 36.6 Å². The summed E-state index contributed by atoms with van der Waals surface area (Å²) in [5.41, 5.74) is 0. The van der Waals surface area contributed by atoms with Crippen LogP contribution in [0.2, 0.25) is 0 Å². The zero-order valence-corrected chi connectivity index (χ0v) is 9.87. The first-order valence-electron chi connectivity index (χ1n) is 5.89. The van der Waals surface area contributed by atoms with Gasteiger partial charge in [0.1, 0.15) is 11.5 Å². The van der Waals surface area contributed by atoms with Gasteiger partial charge in [0, 0.05) is 6.42 Å². The molecule has 1 aliphatic rings. The number of phenols is 1. The Balaban J connectivity index is 1.95. The molecule has 1 saturated heterocycles. The lowest BCUT2D eigenvalue weighted by Crippen LogP contribution is -2.37. The summed E-state index contributed by atoms with van der Waals surface area (Å²) >= 11 is 0. The average Bonchev–Trinajstić information content (AvgIpc) is 2.31. The molecule has 4 heteroatoms. The molecule has 17 heavy (non-hydrogen) atoms. The predicted molar refractivity (Wildman–Crippen MR) is 62.9 cm³/mol. The van der Waals surface area contributed by atoms with Gasteiger partial charge in [-0.2, -0.15) is 0 Å². The Morgan fingerprint density at radius 3 is 2.65 bits per heavy atom. The molecule has 1 heterocycles. The van der Waals surface area contributed by atoms with Crippen LogP contribution >= 0.6 is 0 Å². The van der Waals surface area contributed by atoms with Gasteiger partial charge in [-0.15, -0.1) is 0 Å². The van der Waals surface area contributed by atoms with Gasteiger partial charge in [0.2, 0.25) is 0 Å². The molecule has 0 aliphatic carbocycles. The van der Waals surface area contributed by atoms with Crippen molar-refractivity contribution in [3.05, 3.63) is 24.3 Å². The summed E-state index contributed by atoms with van der Waals surface area (Å²) < 4.78 is 11.3. The van der Waals surface area contributed by atoms with E-state index in [-0.39, 0.29) is 24.8 Å². The number of ether oxygens (including phenoxy) is 2. The van der Waals surface area contributed by atoms with Gasteiger partial charge in [-0.1, -0.05) is 6.92 Å². The molecular weight excluding hydrogens is 220 g/mol. The summed E-state index contributed by atoms with van der Waals surface area (Å²) in [4.78, 5) is 0. The maximum absolute atomic E-state index is 9.16. The highest BCUT2D eigenvalue weighted by Crippen LogP contribution is 2.27. The first-order valence-corrected chi connectivity index (χ1v) is 5.89. The molecule has 1 fully saturated rings. The van der Waals surface area contributed by atoms with E-state index in [9.17, 15) is 0 Å². The molecular formula is C13H18O4. The van der Waals surface area contributed by atoms with Crippen LogP contribution in [-0.4, -0.2) is 29.2 Å². The SMILES string of the molecule is CC1C[C@H](CO)O[C@H](Oc2ccc(O)cc2)C1. The van der Waals surface area contributed by atoms with Crippen molar-refractivity contribution in [2.45, 2.75) is 32.2 Å². The maximum atomic E-state index is 9.16. The highest BCUT2D eigenvalue weighted by atomic mass is 16.7. The van der Waals surface area contributed by atoms with E-state index in [0.29, 0.717) is 11.7 Å². The number of aromatic hydroxyl groups is 1. The van der Waals surface area contributed by atoms with E-state index in [2.05, 4.69) is 6.92 Å². The summed E-state index contributed by atoms with van der Waals surface area (Å²) in [6.45, 7) is 2.15. The first-order chi connectivity index (χ1) is 8.17. The van der Waals surface area contributed by atoms with Crippen LogP contribution in [0, 0.1) is 5.92 Å². The Hall–Kier alpha value is -1.26. The van der Waals surface area contributed by atoms with Gasteiger partial charge >= 0.3 is 0 Å². The van der Waals surface area contributed by atoms with E-state index >= 15 is 0 Å². The molecule has 0 saturated carbocycles. The highest BCUT2D eigenvalue weighted by Gasteiger charge is 2.27. The summed E-state index contributed by atoms with van der Waals surface area (Å²) in [5.74, 6) is 1.35. The van der Waals surface area contributed by atoms with E-state index < -0.39 is 0 Å². The van der Waals surface area contributed by atoms with E-state index in [1.165, 1.54) is 0 Å². The molecule has 2 rings (SSSR count). The Kier molecular flexibility index (Phi) is 3.86. The predicted octanol–water partition coefficient (Wildman–Crippen LogP) is 1.90. The standard InChI is InChI=1S/C13H18O4/c1-9-6-12(8-14)17-13(7-9)16-11-4-2-10(15)3-5-11/h2-5,9,12-15H,6-8H2,1H3/t9?,12-,13+/m1/s1. The van der Waals surface area contributed by atoms with Crippen LogP contribution in [0.1, 0.15) is 19.8 Å². The molecule has 1 unspecified atom stereocenters. The second-order valence-electron chi connectivity index (χ2n) is 4.56. The fourth-order valence-electron chi connectivity index (χ4n) is 2.07. The van der Waals surface area contributed by atoms with Crippen molar-refractivity contribution in [1.82, 2.24) is 0 Å². The third kappa shape index (κ3) is 3.35. The minimum Gasteiger partial charge on any atom is -0.508 e. The van der Waals surface area contributed by atoms with Gasteiger partial charge in [0.25, 0.3) is 0 Å². The molecule has 0 amide bonds. The van der Waals surface area contributed by atoms with Crippen molar-refractivity contribution >= 4 is 0 Å². The van der Waals surface area contributed by atoms with Gasteiger partial charge in [0.15, 0.2) is 6.29 Å². The zero-order chi connectivity index (χ0) is 12.3. The molecule has 0 radical (unpaired) electrons. The summed E-state index contributed by atoms with van der Waals surface area (Å²) in [6.07, 6.45) is 1.23. The number of rotatable bonds is 3. The summed E-state index contributed by atoms with van der Waals surface area (Å²) in [7, 11) is 0. The van der Waals surface area contributed by atoms with Crippen LogP contribution in [0.15, 0.2) is 24.3 Å². The molecule has 0 aromatic heterocycles. The average molecular weight is 238 g/mol. The van der Waals surface area contributed by atoms with E-state index in [4.69, 9.17) is 19.7 Å². The van der Waals surface area contributed by atoms with Gasteiger partial charge < -0.3 is 19.7 Å². The topological polar surface area (TPSA) is 58.9 Å². The minimum atomic E-state index is -0.319. The third-order valence-electron chi connectivity index (χ3n) is 2.91. The van der Waals surface area contributed by atoms with Crippen molar-refractivity contribution in [1.29, 1.82) is 0 Å². The van der Waals surface area contributed by atoms with Gasteiger partial charge in [0.05, 0.1) is 12.7 Å². The molecule has 0 spiro atoms. The first kappa shape index (κ1) is 12.2. The lowest BCUT2D eigenvalue weighted by atomic mass is 9.97. The number of hydrogen-bond acceptors (Lipinski definition) is 4. The normalized spacial score (nSPS) is 28.9. The maximum Gasteiger partial charge on any atom is 0.200 e. The fourth-order valence-corrected chi connectivity index (χ4v) is 2.07. The van der Waals surface area contributed by atoms with Crippen molar-refractivity contribution in [3.8, 4) is 11.5 Å². The second kappa shape index (κ2) is 5.38. The van der Waals surface area contributed by atoms with Gasteiger partial charge in [-0.3, -0.25) is 0 Å². The summed E-state index contributed by atoms with van der Waals surface area (Å²) in [6, 6.07) is 6.55.